The highest BCUT2D eigenvalue weighted by Gasteiger charge is 2.18. The molecule has 1 saturated heterocycles. The molecule has 0 spiro atoms. The first kappa shape index (κ1) is 12.0. The smallest absolute Gasteiger partial charge is 0.0981 e. The monoisotopic (exact) mass is 240 g/mol. The number of nitrogens with zero attached hydrogens (tertiary/aromatic N) is 1. The Morgan fingerprint density at radius 2 is 2.56 bits per heavy atom. The molecule has 1 unspecified atom stereocenters. The van der Waals surface area contributed by atoms with E-state index in [2.05, 4.69) is 10.3 Å². The van der Waals surface area contributed by atoms with Gasteiger partial charge < -0.3 is 10.1 Å². The van der Waals surface area contributed by atoms with Crippen molar-refractivity contribution >= 4 is 11.3 Å². The fraction of sp³-hybridized carbons (Fsp3) is 0.750. The number of aryl methyl sites for hydroxylation is 1. The molecule has 1 fully saturated rings. The normalized spacial score (nSPS) is 21.2. The first-order chi connectivity index (χ1) is 7.90. The topological polar surface area (TPSA) is 34.2 Å². The van der Waals surface area contributed by atoms with Crippen molar-refractivity contribution in [1.82, 2.24) is 10.3 Å². The van der Waals surface area contributed by atoms with Crippen molar-refractivity contribution in [2.45, 2.75) is 31.6 Å². The van der Waals surface area contributed by atoms with Crippen LogP contribution in [0.15, 0.2) is 6.20 Å². The lowest BCUT2D eigenvalue weighted by Crippen LogP contribution is -2.15. The minimum absolute atomic E-state index is 0.553. The number of aromatic nitrogens is 1. The van der Waals surface area contributed by atoms with E-state index in [4.69, 9.17) is 4.74 Å². The zero-order chi connectivity index (χ0) is 11.2. The van der Waals surface area contributed by atoms with Crippen LogP contribution >= 0.6 is 11.3 Å². The van der Waals surface area contributed by atoms with E-state index in [-0.39, 0.29) is 0 Å². The van der Waals surface area contributed by atoms with Crippen molar-refractivity contribution in [2.24, 2.45) is 0 Å². The van der Waals surface area contributed by atoms with Gasteiger partial charge in [0, 0.05) is 23.6 Å². The maximum Gasteiger partial charge on any atom is 0.0981 e. The molecule has 1 aromatic heterocycles. The van der Waals surface area contributed by atoms with E-state index in [0.717, 1.165) is 26.2 Å². The van der Waals surface area contributed by atoms with Gasteiger partial charge in [-0.15, -0.1) is 11.3 Å². The third-order valence-corrected chi connectivity index (χ3v) is 4.15. The van der Waals surface area contributed by atoms with Crippen LogP contribution in [0, 0.1) is 0 Å². The van der Waals surface area contributed by atoms with Crippen molar-refractivity contribution in [3.05, 3.63) is 16.1 Å². The Balaban J connectivity index is 1.85. The fourth-order valence-electron chi connectivity index (χ4n) is 2.00. The summed E-state index contributed by atoms with van der Waals surface area (Å²) in [7, 11) is 2.00. The predicted octanol–water partition coefficient (Wildman–Crippen LogP) is 2.19. The van der Waals surface area contributed by atoms with E-state index in [1.54, 1.807) is 0 Å². The van der Waals surface area contributed by atoms with Crippen molar-refractivity contribution in [3.8, 4) is 0 Å². The number of hydrogen-bond acceptors (Lipinski definition) is 4. The molecule has 1 aromatic rings. The second kappa shape index (κ2) is 6.33. The molecule has 1 atom stereocenters. The van der Waals surface area contributed by atoms with E-state index in [1.165, 1.54) is 29.1 Å². The van der Waals surface area contributed by atoms with Crippen LogP contribution in [0.3, 0.4) is 0 Å². The first-order valence-corrected chi connectivity index (χ1v) is 6.88. The highest BCUT2D eigenvalue weighted by Crippen LogP contribution is 2.29. The van der Waals surface area contributed by atoms with E-state index in [1.807, 2.05) is 24.6 Å². The average Bonchev–Trinajstić information content (AvgIpc) is 2.79. The van der Waals surface area contributed by atoms with Crippen LogP contribution in [-0.2, 0) is 11.2 Å². The molecule has 1 N–H and O–H groups in total. The maximum atomic E-state index is 5.50. The van der Waals surface area contributed by atoms with Gasteiger partial charge in [-0.25, -0.2) is 4.98 Å². The average molecular weight is 240 g/mol. The lowest BCUT2D eigenvalue weighted by Gasteiger charge is -2.19. The van der Waals surface area contributed by atoms with Crippen molar-refractivity contribution in [3.63, 3.8) is 0 Å². The molecule has 16 heavy (non-hydrogen) atoms. The summed E-state index contributed by atoms with van der Waals surface area (Å²) in [5.74, 6) is 0.553. The molecule has 0 radical (unpaired) electrons. The van der Waals surface area contributed by atoms with Gasteiger partial charge in [-0.2, -0.15) is 0 Å². The second-order valence-electron chi connectivity index (χ2n) is 4.29. The molecule has 1 aliphatic rings. The summed E-state index contributed by atoms with van der Waals surface area (Å²) < 4.78 is 5.50. The molecule has 0 saturated carbocycles. The van der Waals surface area contributed by atoms with Gasteiger partial charge in [0.15, 0.2) is 0 Å². The molecule has 2 rings (SSSR count). The molecule has 0 amide bonds. The summed E-state index contributed by atoms with van der Waals surface area (Å²) in [5.41, 5.74) is 0. The van der Waals surface area contributed by atoms with E-state index >= 15 is 0 Å². The summed E-state index contributed by atoms with van der Waals surface area (Å²) in [5, 5.41) is 4.45. The van der Waals surface area contributed by atoms with E-state index in [0.29, 0.717) is 5.92 Å². The Morgan fingerprint density at radius 1 is 1.62 bits per heavy atom. The molecule has 2 heterocycles. The largest absolute Gasteiger partial charge is 0.381 e. The Bertz CT molecular complexity index is 308. The van der Waals surface area contributed by atoms with Crippen molar-refractivity contribution in [1.29, 1.82) is 0 Å². The van der Waals surface area contributed by atoms with Crippen LogP contribution in [0.1, 0.15) is 35.1 Å². The Hall–Kier alpha value is -0.450. The fourth-order valence-corrected chi connectivity index (χ4v) is 3.08. The third-order valence-electron chi connectivity index (χ3n) is 2.93. The number of nitrogens with one attached hydrogen (secondary N) is 1. The predicted molar refractivity (Wildman–Crippen MR) is 67.2 cm³/mol. The standard InChI is InChI=1S/C12H20N2OS/c1-13-6-2-5-11-8-14-12(16-11)10-4-3-7-15-9-10/h8,10,13H,2-7,9H2,1H3. The van der Waals surface area contributed by atoms with Crippen LogP contribution in [0.5, 0.6) is 0 Å². The number of rotatable bonds is 5. The second-order valence-corrected chi connectivity index (χ2v) is 5.43. The minimum Gasteiger partial charge on any atom is -0.381 e. The third kappa shape index (κ3) is 3.27. The zero-order valence-electron chi connectivity index (χ0n) is 9.87. The summed E-state index contributed by atoms with van der Waals surface area (Å²) in [6, 6.07) is 0. The van der Waals surface area contributed by atoms with Gasteiger partial charge in [-0.1, -0.05) is 0 Å². The first-order valence-electron chi connectivity index (χ1n) is 6.07. The summed E-state index contributed by atoms with van der Waals surface area (Å²) in [6.07, 6.45) is 6.80. The van der Waals surface area contributed by atoms with Crippen LogP contribution in [0.25, 0.3) is 0 Å². The summed E-state index contributed by atoms with van der Waals surface area (Å²) in [4.78, 5) is 5.95. The molecule has 3 nitrogen and oxygen atoms in total. The van der Waals surface area contributed by atoms with Crippen molar-refractivity contribution < 1.29 is 4.74 Å². The zero-order valence-corrected chi connectivity index (χ0v) is 10.7. The van der Waals surface area contributed by atoms with Gasteiger partial charge in [0.1, 0.15) is 0 Å². The lowest BCUT2D eigenvalue weighted by atomic mass is 10.0. The molecular formula is C12H20N2OS. The van der Waals surface area contributed by atoms with E-state index in [9.17, 15) is 0 Å². The van der Waals surface area contributed by atoms with Crippen LogP contribution < -0.4 is 5.32 Å². The molecule has 0 bridgehead atoms. The summed E-state index contributed by atoms with van der Waals surface area (Å²) in [6.45, 7) is 2.88. The Kier molecular flexibility index (Phi) is 4.75. The number of hydrogen-bond donors (Lipinski definition) is 1. The molecule has 90 valence electrons. The molecule has 0 aliphatic carbocycles. The maximum absolute atomic E-state index is 5.50. The van der Waals surface area contributed by atoms with Gasteiger partial charge in [0.25, 0.3) is 0 Å². The Labute approximate surface area is 101 Å². The molecule has 0 aromatic carbocycles. The van der Waals surface area contributed by atoms with Crippen molar-refractivity contribution in [2.75, 3.05) is 26.8 Å². The number of thiazole rings is 1. The van der Waals surface area contributed by atoms with Crippen LogP contribution in [0.2, 0.25) is 0 Å². The highest BCUT2D eigenvalue weighted by atomic mass is 32.1. The van der Waals surface area contributed by atoms with Gasteiger partial charge in [-0.05, 0) is 39.3 Å². The van der Waals surface area contributed by atoms with Gasteiger partial charge in [0.2, 0.25) is 0 Å². The van der Waals surface area contributed by atoms with E-state index < -0.39 is 0 Å². The lowest BCUT2D eigenvalue weighted by molar-refractivity contribution is 0.0804. The minimum atomic E-state index is 0.553. The SMILES string of the molecule is CNCCCc1cnc(C2CCCOC2)s1. The molecular weight excluding hydrogens is 220 g/mol. The van der Waals surface area contributed by atoms with Gasteiger partial charge >= 0.3 is 0 Å². The molecule has 4 heteroatoms. The molecule has 1 aliphatic heterocycles. The quantitative estimate of drug-likeness (QED) is 0.801. The highest BCUT2D eigenvalue weighted by molar-refractivity contribution is 7.11. The van der Waals surface area contributed by atoms with Gasteiger partial charge in [-0.3, -0.25) is 0 Å². The van der Waals surface area contributed by atoms with Crippen LogP contribution in [-0.4, -0.2) is 31.8 Å². The van der Waals surface area contributed by atoms with Gasteiger partial charge in [0.05, 0.1) is 11.6 Å². The Morgan fingerprint density at radius 3 is 3.31 bits per heavy atom. The van der Waals surface area contributed by atoms with Crippen LogP contribution in [0.4, 0.5) is 0 Å². The number of ether oxygens (including phenoxy) is 1. The summed E-state index contributed by atoms with van der Waals surface area (Å²) >= 11 is 1.87.